The zero-order chi connectivity index (χ0) is 14.9. The number of hydrogen-bond donors (Lipinski definition) is 2. The highest BCUT2D eigenvalue weighted by molar-refractivity contribution is 5.86. The Balaban J connectivity index is 1.65. The molecule has 0 radical (unpaired) electrons. The fourth-order valence-corrected chi connectivity index (χ4v) is 3.94. The summed E-state index contributed by atoms with van der Waals surface area (Å²) in [7, 11) is 0. The van der Waals surface area contributed by atoms with Crippen LogP contribution in [0.25, 0.3) is 0 Å². The molecule has 3 rings (SSSR count). The average molecular weight is 294 g/mol. The number of amides is 2. The van der Waals surface area contributed by atoms with Gasteiger partial charge < -0.3 is 20.9 Å². The summed E-state index contributed by atoms with van der Waals surface area (Å²) in [6, 6.07) is 0.169. The number of piperazine rings is 1. The van der Waals surface area contributed by atoms with Crippen molar-refractivity contribution in [2.24, 2.45) is 5.73 Å². The molecule has 0 aromatic heterocycles. The molecule has 6 heteroatoms. The van der Waals surface area contributed by atoms with Crippen LogP contribution in [0.5, 0.6) is 0 Å². The second kappa shape index (κ2) is 5.93. The highest BCUT2D eigenvalue weighted by Gasteiger charge is 2.42. The minimum absolute atomic E-state index is 0.104. The summed E-state index contributed by atoms with van der Waals surface area (Å²) in [4.78, 5) is 28.6. The van der Waals surface area contributed by atoms with E-state index in [1.807, 2.05) is 9.80 Å². The van der Waals surface area contributed by atoms with Crippen LogP contribution in [-0.2, 0) is 9.59 Å². The number of hydrogen-bond acceptors (Lipinski definition) is 4. The molecule has 0 aromatic carbocycles. The molecule has 0 aromatic rings. The van der Waals surface area contributed by atoms with Gasteiger partial charge in [0.25, 0.3) is 0 Å². The molecular formula is C15H26N4O2. The molecule has 3 aliphatic rings. The maximum absolute atomic E-state index is 12.7. The third kappa shape index (κ3) is 2.92. The van der Waals surface area contributed by atoms with Crippen LogP contribution in [0.15, 0.2) is 0 Å². The third-order valence-corrected chi connectivity index (χ3v) is 5.17. The smallest absolute Gasteiger partial charge is 0.242 e. The van der Waals surface area contributed by atoms with Gasteiger partial charge in [0.05, 0.1) is 12.1 Å². The molecule has 118 valence electrons. The lowest BCUT2D eigenvalue weighted by molar-refractivity contribution is -0.143. The summed E-state index contributed by atoms with van der Waals surface area (Å²) in [6.45, 7) is 3.46. The van der Waals surface area contributed by atoms with E-state index < -0.39 is 5.54 Å². The van der Waals surface area contributed by atoms with Crippen LogP contribution >= 0.6 is 0 Å². The summed E-state index contributed by atoms with van der Waals surface area (Å²) in [6.07, 6.45) is 5.67. The third-order valence-electron chi connectivity index (χ3n) is 5.17. The van der Waals surface area contributed by atoms with E-state index in [2.05, 4.69) is 5.32 Å². The van der Waals surface area contributed by atoms with E-state index in [4.69, 9.17) is 5.73 Å². The van der Waals surface area contributed by atoms with Gasteiger partial charge in [0.2, 0.25) is 11.8 Å². The maximum atomic E-state index is 12.7. The second-order valence-electron chi connectivity index (χ2n) is 6.67. The molecule has 1 atom stereocenters. The molecule has 21 heavy (non-hydrogen) atoms. The Morgan fingerprint density at radius 1 is 1.24 bits per heavy atom. The minimum Gasteiger partial charge on any atom is -0.339 e. The van der Waals surface area contributed by atoms with Crippen molar-refractivity contribution in [1.29, 1.82) is 0 Å². The van der Waals surface area contributed by atoms with Crippen molar-refractivity contribution in [2.45, 2.75) is 50.1 Å². The van der Waals surface area contributed by atoms with Crippen LogP contribution in [0.4, 0.5) is 0 Å². The van der Waals surface area contributed by atoms with Crippen LogP contribution in [0, 0.1) is 0 Å². The summed E-state index contributed by atoms with van der Waals surface area (Å²) < 4.78 is 0. The van der Waals surface area contributed by atoms with Gasteiger partial charge in [0.1, 0.15) is 0 Å². The number of nitrogens with zero attached hydrogens (tertiary/aromatic N) is 2. The van der Waals surface area contributed by atoms with Crippen molar-refractivity contribution in [3.8, 4) is 0 Å². The molecule has 1 aliphatic carbocycles. The molecule has 2 heterocycles. The Morgan fingerprint density at radius 3 is 2.71 bits per heavy atom. The van der Waals surface area contributed by atoms with Crippen molar-refractivity contribution in [3.05, 3.63) is 0 Å². The Labute approximate surface area is 126 Å². The predicted molar refractivity (Wildman–Crippen MR) is 79.6 cm³/mol. The van der Waals surface area contributed by atoms with Crippen molar-refractivity contribution in [2.75, 3.05) is 32.7 Å². The minimum atomic E-state index is -0.643. The van der Waals surface area contributed by atoms with E-state index in [1.165, 1.54) is 0 Å². The molecule has 0 bridgehead atoms. The zero-order valence-electron chi connectivity index (χ0n) is 12.6. The van der Waals surface area contributed by atoms with Gasteiger partial charge in [-0.1, -0.05) is 12.8 Å². The monoisotopic (exact) mass is 294 g/mol. The first-order chi connectivity index (χ1) is 10.1. The van der Waals surface area contributed by atoms with E-state index >= 15 is 0 Å². The summed E-state index contributed by atoms with van der Waals surface area (Å²) in [5.41, 5.74) is 5.66. The average Bonchev–Trinajstić information content (AvgIpc) is 2.95. The van der Waals surface area contributed by atoms with Gasteiger partial charge in [0.15, 0.2) is 0 Å². The Hall–Kier alpha value is -1.14. The highest BCUT2D eigenvalue weighted by Crippen LogP contribution is 2.30. The van der Waals surface area contributed by atoms with Gasteiger partial charge in [-0.2, -0.15) is 0 Å². The number of rotatable bonds is 2. The molecule has 0 spiro atoms. The summed E-state index contributed by atoms with van der Waals surface area (Å²) in [5.74, 6) is 0.260. The molecule has 6 nitrogen and oxygen atoms in total. The standard InChI is InChI=1S/C15H26N4O2/c16-15(5-1-2-6-15)14(21)18-8-3-4-12(11-18)19-9-7-17-10-13(19)20/h12,17H,1-11,16H2/t12-/m1/s1. The predicted octanol–water partition coefficient (Wildman–Crippen LogP) is -0.319. The summed E-state index contributed by atoms with van der Waals surface area (Å²) >= 11 is 0. The number of carbonyl (C=O) groups is 2. The molecule has 2 amide bonds. The van der Waals surface area contributed by atoms with Gasteiger partial charge in [-0.15, -0.1) is 0 Å². The second-order valence-corrected chi connectivity index (χ2v) is 6.67. The van der Waals surface area contributed by atoms with Gasteiger partial charge in [-0.3, -0.25) is 9.59 Å². The lowest BCUT2D eigenvalue weighted by Gasteiger charge is -2.43. The van der Waals surface area contributed by atoms with E-state index in [0.29, 0.717) is 13.1 Å². The van der Waals surface area contributed by atoms with Gasteiger partial charge in [-0.05, 0) is 25.7 Å². The largest absolute Gasteiger partial charge is 0.339 e. The Kier molecular flexibility index (Phi) is 4.17. The molecule has 2 aliphatic heterocycles. The highest BCUT2D eigenvalue weighted by atomic mass is 16.2. The van der Waals surface area contributed by atoms with Crippen LogP contribution in [0.2, 0.25) is 0 Å². The fourth-order valence-electron chi connectivity index (χ4n) is 3.94. The van der Waals surface area contributed by atoms with Crippen molar-refractivity contribution >= 4 is 11.8 Å². The first kappa shape index (κ1) is 14.8. The van der Waals surface area contributed by atoms with Crippen molar-refractivity contribution in [3.63, 3.8) is 0 Å². The SMILES string of the molecule is NC1(C(=O)N2CCC[C@@H](N3CCNCC3=O)C2)CCCC1. The number of nitrogens with one attached hydrogen (secondary N) is 1. The van der Waals surface area contributed by atoms with E-state index in [9.17, 15) is 9.59 Å². The van der Waals surface area contributed by atoms with Crippen LogP contribution in [-0.4, -0.2) is 65.9 Å². The van der Waals surface area contributed by atoms with E-state index in [1.54, 1.807) is 0 Å². The Morgan fingerprint density at radius 2 is 2.00 bits per heavy atom. The lowest BCUT2D eigenvalue weighted by atomic mass is 9.94. The first-order valence-electron chi connectivity index (χ1n) is 8.19. The Bertz CT molecular complexity index is 420. The van der Waals surface area contributed by atoms with Crippen LogP contribution in [0.3, 0.4) is 0 Å². The number of likely N-dealkylation sites (tertiary alicyclic amines) is 1. The van der Waals surface area contributed by atoms with Gasteiger partial charge >= 0.3 is 0 Å². The van der Waals surface area contributed by atoms with E-state index in [0.717, 1.165) is 58.2 Å². The van der Waals surface area contributed by atoms with Crippen LogP contribution in [0.1, 0.15) is 38.5 Å². The van der Waals surface area contributed by atoms with Crippen LogP contribution < -0.4 is 11.1 Å². The molecule has 1 saturated carbocycles. The maximum Gasteiger partial charge on any atom is 0.242 e. The molecule has 2 saturated heterocycles. The quantitative estimate of drug-likeness (QED) is 0.732. The fraction of sp³-hybridized carbons (Fsp3) is 0.867. The molecule has 3 fully saturated rings. The summed E-state index contributed by atoms with van der Waals surface area (Å²) in [5, 5.41) is 3.10. The van der Waals surface area contributed by atoms with Gasteiger partial charge in [0, 0.05) is 32.2 Å². The number of piperidine rings is 1. The van der Waals surface area contributed by atoms with Crippen molar-refractivity contribution < 1.29 is 9.59 Å². The molecule has 0 unspecified atom stereocenters. The van der Waals surface area contributed by atoms with Gasteiger partial charge in [-0.25, -0.2) is 0 Å². The van der Waals surface area contributed by atoms with E-state index in [-0.39, 0.29) is 17.9 Å². The number of nitrogens with two attached hydrogens (primary N) is 1. The molecular weight excluding hydrogens is 268 g/mol. The zero-order valence-corrected chi connectivity index (χ0v) is 12.6. The number of carbonyl (C=O) groups excluding carboxylic acids is 2. The van der Waals surface area contributed by atoms with Crippen molar-refractivity contribution in [1.82, 2.24) is 15.1 Å². The first-order valence-corrected chi connectivity index (χ1v) is 8.19. The topological polar surface area (TPSA) is 78.7 Å². The lowest BCUT2D eigenvalue weighted by Crippen LogP contribution is -2.61. The molecule has 3 N–H and O–H groups in total. The normalized spacial score (nSPS) is 29.8.